The first kappa shape index (κ1) is 17.8. The molecule has 1 amide bonds. The number of rotatable bonds is 6. The van der Waals surface area contributed by atoms with Crippen molar-refractivity contribution in [3.63, 3.8) is 0 Å². The number of hydrogen-bond acceptors (Lipinski definition) is 3. The second kappa shape index (κ2) is 7.96. The summed E-state index contributed by atoms with van der Waals surface area (Å²) >= 11 is 0. The summed E-state index contributed by atoms with van der Waals surface area (Å²) in [6.07, 6.45) is 4.52. The standard InChI is InChI=1S/C23H21N3O2/c1-28-22-14-19-8-6-5-7-18(19)13-21(22)23(27)24-12-11-17-15-25-26(16-17)20-9-3-2-4-10-20/h2-10,13-16H,11-12H2,1H3,(H,24,27). The van der Waals surface area contributed by atoms with Gasteiger partial charge in [0, 0.05) is 12.7 Å². The molecule has 0 saturated heterocycles. The zero-order valence-electron chi connectivity index (χ0n) is 15.6. The van der Waals surface area contributed by atoms with Crippen molar-refractivity contribution >= 4 is 16.7 Å². The Morgan fingerprint density at radius 3 is 2.50 bits per heavy atom. The molecule has 5 nitrogen and oxygen atoms in total. The fourth-order valence-corrected chi connectivity index (χ4v) is 3.19. The molecule has 1 N–H and O–H groups in total. The first-order valence-electron chi connectivity index (χ1n) is 9.18. The molecule has 1 aromatic heterocycles. The van der Waals surface area contributed by atoms with Crippen molar-refractivity contribution in [1.29, 1.82) is 0 Å². The summed E-state index contributed by atoms with van der Waals surface area (Å²) < 4.78 is 7.25. The van der Waals surface area contributed by atoms with Crippen LogP contribution in [0.3, 0.4) is 0 Å². The highest BCUT2D eigenvalue weighted by molar-refractivity contribution is 6.01. The molecular weight excluding hydrogens is 350 g/mol. The van der Waals surface area contributed by atoms with Crippen molar-refractivity contribution in [2.24, 2.45) is 0 Å². The summed E-state index contributed by atoms with van der Waals surface area (Å²) in [6, 6.07) is 21.6. The zero-order chi connectivity index (χ0) is 19.3. The van der Waals surface area contributed by atoms with Crippen LogP contribution >= 0.6 is 0 Å². The smallest absolute Gasteiger partial charge is 0.255 e. The SMILES string of the molecule is COc1cc2ccccc2cc1C(=O)NCCc1cnn(-c2ccccc2)c1. The minimum atomic E-state index is -0.141. The van der Waals surface area contributed by atoms with Crippen molar-refractivity contribution < 1.29 is 9.53 Å². The first-order chi connectivity index (χ1) is 13.7. The summed E-state index contributed by atoms with van der Waals surface area (Å²) in [6.45, 7) is 0.523. The Balaban J connectivity index is 1.42. The lowest BCUT2D eigenvalue weighted by Crippen LogP contribution is -2.26. The molecule has 140 valence electrons. The van der Waals surface area contributed by atoms with E-state index in [0.717, 1.165) is 22.0 Å². The van der Waals surface area contributed by atoms with Gasteiger partial charge in [-0.25, -0.2) is 4.68 Å². The van der Waals surface area contributed by atoms with Gasteiger partial charge in [0.2, 0.25) is 0 Å². The van der Waals surface area contributed by atoms with E-state index in [9.17, 15) is 4.79 Å². The van der Waals surface area contributed by atoms with E-state index in [0.29, 0.717) is 24.3 Å². The number of nitrogens with one attached hydrogen (secondary N) is 1. The van der Waals surface area contributed by atoms with Crippen molar-refractivity contribution in [3.8, 4) is 11.4 Å². The largest absolute Gasteiger partial charge is 0.496 e. The molecule has 0 aliphatic carbocycles. The maximum Gasteiger partial charge on any atom is 0.255 e. The highest BCUT2D eigenvalue weighted by atomic mass is 16.5. The Labute approximate surface area is 163 Å². The number of carbonyl (C=O) groups is 1. The number of amides is 1. The second-order valence-corrected chi connectivity index (χ2v) is 6.53. The zero-order valence-corrected chi connectivity index (χ0v) is 15.6. The molecule has 0 saturated carbocycles. The Morgan fingerprint density at radius 2 is 1.75 bits per heavy atom. The Bertz CT molecular complexity index is 1100. The fourth-order valence-electron chi connectivity index (χ4n) is 3.19. The third kappa shape index (κ3) is 3.74. The van der Waals surface area contributed by atoms with Gasteiger partial charge in [0.05, 0.1) is 24.6 Å². The van der Waals surface area contributed by atoms with E-state index in [-0.39, 0.29) is 5.91 Å². The van der Waals surface area contributed by atoms with Crippen LogP contribution < -0.4 is 10.1 Å². The lowest BCUT2D eigenvalue weighted by atomic mass is 10.1. The number of para-hydroxylation sites is 1. The fraction of sp³-hybridized carbons (Fsp3) is 0.130. The number of hydrogen-bond donors (Lipinski definition) is 1. The van der Waals surface area contributed by atoms with Gasteiger partial charge < -0.3 is 10.1 Å². The van der Waals surface area contributed by atoms with Crippen LogP contribution in [0.1, 0.15) is 15.9 Å². The summed E-state index contributed by atoms with van der Waals surface area (Å²) in [5.74, 6) is 0.436. The van der Waals surface area contributed by atoms with E-state index in [4.69, 9.17) is 4.74 Å². The molecule has 0 radical (unpaired) electrons. The van der Waals surface area contributed by atoms with Gasteiger partial charge in [-0.3, -0.25) is 4.79 Å². The van der Waals surface area contributed by atoms with Crippen LogP contribution in [0.25, 0.3) is 16.5 Å². The van der Waals surface area contributed by atoms with Crippen LogP contribution in [0, 0.1) is 0 Å². The average molecular weight is 371 g/mol. The maximum atomic E-state index is 12.7. The molecule has 3 aromatic carbocycles. The van der Waals surface area contributed by atoms with Gasteiger partial charge in [-0.2, -0.15) is 5.10 Å². The number of ether oxygens (including phenoxy) is 1. The molecule has 0 atom stereocenters. The number of carbonyl (C=O) groups excluding carboxylic acids is 1. The van der Waals surface area contributed by atoms with Crippen LogP contribution in [-0.4, -0.2) is 29.3 Å². The molecule has 0 bridgehead atoms. The predicted octanol–water partition coefficient (Wildman–Crippen LogP) is 4.01. The monoisotopic (exact) mass is 371 g/mol. The van der Waals surface area contributed by atoms with Gasteiger partial charge in [0.15, 0.2) is 0 Å². The van der Waals surface area contributed by atoms with Crippen molar-refractivity contribution in [2.45, 2.75) is 6.42 Å². The van der Waals surface area contributed by atoms with E-state index in [1.54, 1.807) is 7.11 Å². The third-order valence-corrected chi connectivity index (χ3v) is 4.67. The van der Waals surface area contributed by atoms with E-state index >= 15 is 0 Å². The first-order valence-corrected chi connectivity index (χ1v) is 9.18. The minimum Gasteiger partial charge on any atom is -0.496 e. The Hall–Kier alpha value is -3.60. The van der Waals surface area contributed by atoms with Crippen LogP contribution in [0.2, 0.25) is 0 Å². The minimum absolute atomic E-state index is 0.141. The maximum absolute atomic E-state index is 12.7. The molecule has 0 spiro atoms. The van der Waals surface area contributed by atoms with Crippen molar-refractivity contribution in [2.75, 3.05) is 13.7 Å². The van der Waals surface area contributed by atoms with Crippen LogP contribution in [0.4, 0.5) is 0 Å². The molecule has 28 heavy (non-hydrogen) atoms. The third-order valence-electron chi connectivity index (χ3n) is 4.67. The van der Waals surface area contributed by atoms with Crippen LogP contribution in [-0.2, 0) is 6.42 Å². The highest BCUT2D eigenvalue weighted by Crippen LogP contribution is 2.25. The molecule has 4 rings (SSSR count). The summed E-state index contributed by atoms with van der Waals surface area (Å²) in [4.78, 5) is 12.7. The summed E-state index contributed by atoms with van der Waals surface area (Å²) in [5.41, 5.74) is 2.62. The van der Waals surface area contributed by atoms with Gasteiger partial charge >= 0.3 is 0 Å². The summed E-state index contributed by atoms with van der Waals surface area (Å²) in [5, 5.41) is 9.43. The molecule has 0 unspecified atom stereocenters. The number of benzene rings is 3. The molecular formula is C23H21N3O2. The molecule has 1 heterocycles. The van der Waals surface area contributed by atoms with Crippen LogP contribution in [0.5, 0.6) is 5.75 Å². The number of nitrogens with zero attached hydrogens (tertiary/aromatic N) is 2. The van der Waals surface area contributed by atoms with E-state index in [2.05, 4.69) is 10.4 Å². The normalized spacial score (nSPS) is 10.8. The van der Waals surface area contributed by atoms with E-state index in [1.807, 2.05) is 83.8 Å². The number of fused-ring (bicyclic) bond motifs is 1. The van der Waals surface area contributed by atoms with Gasteiger partial charge in [0.1, 0.15) is 5.75 Å². The topological polar surface area (TPSA) is 56.1 Å². The van der Waals surface area contributed by atoms with E-state index < -0.39 is 0 Å². The number of methoxy groups -OCH3 is 1. The van der Waals surface area contributed by atoms with Crippen molar-refractivity contribution in [3.05, 3.63) is 90.3 Å². The lowest BCUT2D eigenvalue weighted by molar-refractivity contribution is 0.0951. The molecule has 0 aliphatic heterocycles. The lowest BCUT2D eigenvalue weighted by Gasteiger charge is -2.11. The molecule has 0 aliphatic rings. The van der Waals surface area contributed by atoms with Crippen LogP contribution in [0.15, 0.2) is 79.1 Å². The van der Waals surface area contributed by atoms with Gasteiger partial charge in [-0.1, -0.05) is 42.5 Å². The quantitative estimate of drug-likeness (QED) is 0.557. The van der Waals surface area contributed by atoms with Gasteiger partial charge in [0.25, 0.3) is 5.91 Å². The Kier molecular flexibility index (Phi) is 5.06. The number of aromatic nitrogens is 2. The average Bonchev–Trinajstić information content (AvgIpc) is 3.22. The van der Waals surface area contributed by atoms with Gasteiger partial charge in [-0.05, 0) is 47.0 Å². The second-order valence-electron chi connectivity index (χ2n) is 6.53. The Morgan fingerprint density at radius 1 is 1.04 bits per heavy atom. The summed E-state index contributed by atoms with van der Waals surface area (Å²) in [7, 11) is 1.58. The predicted molar refractivity (Wildman–Crippen MR) is 110 cm³/mol. The highest BCUT2D eigenvalue weighted by Gasteiger charge is 2.13. The molecule has 4 aromatic rings. The van der Waals surface area contributed by atoms with Crippen molar-refractivity contribution in [1.82, 2.24) is 15.1 Å². The molecule has 0 fully saturated rings. The van der Waals surface area contributed by atoms with E-state index in [1.165, 1.54) is 0 Å². The van der Waals surface area contributed by atoms with Gasteiger partial charge in [-0.15, -0.1) is 0 Å². The molecule has 5 heteroatoms.